The molecule has 0 aliphatic heterocycles. The summed E-state index contributed by atoms with van der Waals surface area (Å²) in [5.74, 6) is -0.449. The summed E-state index contributed by atoms with van der Waals surface area (Å²) >= 11 is 0. The first-order valence-corrected chi connectivity index (χ1v) is 4.42. The Morgan fingerprint density at radius 1 is 1.69 bits per heavy atom. The molecular formula is C8H11F3N4O. The van der Waals surface area contributed by atoms with Gasteiger partial charge in [0.05, 0.1) is 6.54 Å². The van der Waals surface area contributed by atoms with Crippen LogP contribution in [0.15, 0.2) is 17.4 Å². The second kappa shape index (κ2) is 4.42. The van der Waals surface area contributed by atoms with Crippen LogP contribution in [-0.2, 0) is 12.7 Å². The lowest BCUT2D eigenvalue weighted by Gasteiger charge is -2.09. The van der Waals surface area contributed by atoms with Crippen molar-refractivity contribution in [1.82, 2.24) is 9.78 Å². The van der Waals surface area contributed by atoms with Crippen LogP contribution in [-0.4, -0.2) is 20.8 Å². The van der Waals surface area contributed by atoms with Gasteiger partial charge in [0.1, 0.15) is 5.84 Å². The van der Waals surface area contributed by atoms with Crippen LogP contribution >= 0.6 is 0 Å². The Hall–Kier alpha value is -1.73. The molecule has 5 nitrogen and oxygen atoms in total. The number of hydrogen-bond acceptors (Lipinski definition) is 3. The van der Waals surface area contributed by atoms with Gasteiger partial charge in [-0.25, -0.2) is 0 Å². The summed E-state index contributed by atoms with van der Waals surface area (Å²) < 4.78 is 37.7. The normalized spacial score (nSPS) is 15.1. The van der Waals surface area contributed by atoms with Gasteiger partial charge >= 0.3 is 6.18 Å². The van der Waals surface area contributed by atoms with Crippen LogP contribution in [0.1, 0.15) is 12.6 Å². The largest absolute Gasteiger partial charge is 0.435 e. The van der Waals surface area contributed by atoms with E-state index in [1.54, 1.807) is 6.92 Å². The zero-order valence-corrected chi connectivity index (χ0v) is 8.44. The molecule has 16 heavy (non-hydrogen) atoms. The topological polar surface area (TPSA) is 76.4 Å². The molecule has 1 unspecified atom stereocenters. The van der Waals surface area contributed by atoms with Crippen molar-refractivity contribution in [3.63, 3.8) is 0 Å². The van der Waals surface area contributed by atoms with Crippen molar-refractivity contribution in [2.45, 2.75) is 19.6 Å². The molecule has 8 heteroatoms. The summed E-state index contributed by atoms with van der Waals surface area (Å²) in [6.45, 7) is 1.73. The molecule has 0 aliphatic rings. The molecular weight excluding hydrogens is 225 g/mol. The Morgan fingerprint density at radius 2 is 2.31 bits per heavy atom. The molecule has 1 aromatic rings. The molecule has 1 heterocycles. The van der Waals surface area contributed by atoms with E-state index >= 15 is 0 Å². The van der Waals surface area contributed by atoms with Gasteiger partial charge in [-0.1, -0.05) is 12.1 Å². The number of nitrogens with two attached hydrogens (primary N) is 1. The van der Waals surface area contributed by atoms with Gasteiger partial charge in [-0.3, -0.25) is 4.68 Å². The molecule has 0 bridgehead atoms. The predicted octanol–water partition coefficient (Wildman–Crippen LogP) is 1.28. The van der Waals surface area contributed by atoms with E-state index in [2.05, 4.69) is 10.3 Å². The Morgan fingerprint density at radius 3 is 2.75 bits per heavy atom. The van der Waals surface area contributed by atoms with Crippen molar-refractivity contribution < 1.29 is 18.4 Å². The van der Waals surface area contributed by atoms with E-state index in [1.165, 1.54) is 6.20 Å². The van der Waals surface area contributed by atoms with E-state index in [-0.39, 0.29) is 12.4 Å². The number of alkyl halides is 3. The van der Waals surface area contributed by atoms with Gasteiger partial charge in [0.25, 0.3) is 0 Å². The van der Waals surface area contributed by atoms with Crippen LogP contribution in [0.5, 0.6) is 0 Å². The van der Waals surface area contributed by atoms with Crippen molar-refractivity contribution in [2.75, 3.05) is 0 Å². The highest BCUT2D eigenvalue weighted by atomic mass is 19.4. The maximum absolute atomic E-state index is 12.2. The zero-order valence-electron chi connectivity index (χ0n) is 8.44. The summed E-state index contributed by atoms with van der Waals surface area (Å²) in [7, 11) is 0. The monoisotopic (exact) mass is 236 g/mol. The molecule has 1 aromatic heterocycles. The van der Waals surface area contributed by atoms with E-state index in [4.69, 9.17) is 10.9 Å². The smallest absolute Gasteiger partial charge is 0.409 e. The molecule has 0 aromatic carbocycles. The molecule has 0 radical (unpaired) electrons. The third-order valence-corrected chi connectivity index (χ3v) is 2.01. The number of nitrogens with zero attached hydrogens (tertiary/aromatic N) is 3. The molecule has 0 fully saturated rings. The van der Waals surface area contributed by atoms with Gasteiger partial charge in [-0.15, -0.1) is 0 Å². The highest BCUT2D eigenvalue weighted by molar-refractivity contribution is 5.81. The number of amidine groups is 1. The van der Waals surface area contributed by atoms with Gasteiger partial charge in [-0.2, -0.15) is 18.3 Å². The molecule has 0 spiro atoms. The molecule has 0 saturated heterocycles. The summed E-state index contributed by atoms with van der Waals surface area (Å²) in [4.78, 5) is 0. The molecule has 0 saturated carbocycles. The zero-order chi connectivity index (χ0) is 12.3. The Balaban J connectivity index is 2.73. The van der Waals surface area contributed by atoms with Gasteiger partial charge in [0.15, 0.2) is 5.69 Å². The quantitative estimate of drug-likeness (QED) is 0.359. The van der Waals surface area contributed by atoms with Crippen molar-refractivity contribution in [2.24, 2.45) is 16.8 Å². The first-order chi connectivity index (χ1) is 7.34. The highest BCUT2D eigenvalue weighted by Gasteiger charge is 2.33. The van der Waals surface area contributed by atoms with Crippen molar-refractivity contribution in [3.8, 4) is 0 Å². The summed E-state index contributed by atoms with van der Waals surface area (Å²) in [6, 6.07) is 0.874. The van der Waals surface area contributed by atoms with E-state index in [9.17, 15) is 13.2 Å². The van der Waals surface area contributed by atoms with E-state index < -0.39 is 17.8 Å². The molecule has 0 aliphatic carbocycles. The average Bonchev–Trinajstić information content (AvgIpc) is 2.64. The van der Waals surface area contributed by atoms with Crippen LogP contribution in [0.2, 0.25) is 0 Å². The van der Waals surface area contributed by atoms with Crippen LogP contribution in [0.25, 0.3) is 0 Å². The fourth-order valence-corrected chi connectivity index (χ4v) is 1.09. The Bertz CT molecular complexity index is 385. The van der Waals surface area contributed by atoms with E-state index in [1.807, 2.05) is 0 Å². The minimum absolute atomic E-state index is 0.0518. The number of oxime groups is 1. The first kappa shape index (κ1) is 12.3. The number of halogens is 3. The number of hydrogen-bond donors (Lipinski definition) is 2. The van der Waals surface area contributed by atoms with Crippen LogP contribution in [0.4, 0.5) is 13.2 Å². The van der Waals surface area contributed by atoms with Gasteiger partial charge in [0, 0.05) is 12.1 Å². The van der Waals surface area contributed by atoms with E-state index in [0.717, 1.165) is 10.7 Å². The number of rotatable bonds is 3. The summed E-state index contributed by atoms with van der Waals surface area (Å²) in [5, 5.41) is 14.5. The minimum atomic E-state index is -4.45. The van der Waals surface area contributed by atoms with Gasteiger partial charge < -0.3 is 10.9 Å². The average molecular weight is 236 g/mol. The van der Waals surface area contributed by atoms with Crippen LogP contribution in [0, 0.1) is 5.92 Å². The summed E-state index contributed by atoms with van der Waals surface area (Å²) in [5.41, 5.74) is 4.33. The molecule has 90 valence electrons. The summed E-state index contributed by atoms with van der Waals surface area (Å²) in [6.07, 6.45) is -3.25. The lowest BCUT2D eigenvalue weighted by Crippen LogP contribution is -2.25. The van der Waals surface area contributed by atoms with Gasteiger partial charge in [-0.05, 0) is 6.07 Å². The Kier molecular flexibility index (Phi) is 3.41. The second-order valence-electron chi connectivity index (χ2n) is 3.35. The van der Waals surface area contributed by atoms with Crippen LogP contribution in [0.3, 0.4) is 0 Å². The number of aromatic nitrogens is 2. The SMILES string of the molecule is CC(Cn1ccc(C(F)(F)F)n1)C(N)=NO. The van der Waals surface area contributed by atoms with Gasteiger partial charge in [0.2, 0.25) is 0 Å². The van der Waals surface area contributed by atoms with Crippen molar-refractivity contribution in [1.29, 1.82) is 0 Å². The van der Waals surface area contributed by atoms with Crippen LogP contribution < -0.4 is 5.73 Å². The minimum Gasteiger partial charge on any atom is -0.409 e. The highest BCUT2D eigenvalue weighted by Crippen LogP contribution is 2.27. The van der Waals surface area contributed by atoms with E-state index in [0.29, 0.717) is 0 Å². The molecule has 1 rings (SSSR count). The first-order valence-electron chi connectivity index (χ1n) is 4.42. The Labute approximate surface area is 89.3 Å². The predicted molar refractivity (Wildman–Crippen MR) is 49.8 cm³/mol. The van der Waals surface area contributed by atoms with Crippen molar-refractivity contribution in [3.05, 3.63) is 18.0 Å². The second-order valence-corrected chi connectivity index (χ2v) is 3.35. The maximum atomic E-state index is 12.2. The van der Waals surface area contributed by atoms with Crippen molar-refractivity contribution >= 4 is 5.84 Å². The lowest BCUT2D eigenvalue weighted by atomic mass is 10.1. The molecule has 1 atom stereocenters. The molecule has 0 amide bonds. The fourth-order valence-electron chi connectivity index (χ4n) is 1.09. The maximum Gasteiger partial charge on any atom is 0.435 e. The standard InChI is InChI=1S/C8H11F3N4O/c1-5(7(12)14-16)4-15-3-2-6(13-15)8(9,10)11/h2-3,5,16H,4H2,1H3,(H2,12,14). The molecule has 3 N–H and O–H groups in total. The fraction of sp³-hybridized carbons (Fsp3) is 0.500. The third kappa shape index (κ3) is 2.88. The lowest BCUT2D eigenvalue weighted by molar-refractivity contribution is -0.141. The third-order valence-electron chi connectivity index (χ3n) is 2.01.